The van der Waals surface area contributed by atoms with Crippen LogP contribution in [0.3, 0.4) is 0 Å². The predicted octanol–water partition coefficient (Wildman–Crippen LogP) is 1.23. The highest BCUT2D eigenvalue weighted by atomic mass is 32.2. The second-order valence-electron chi connectivity index (χ2n) is 5.40. The predicted molar refractivity (Wildman–Crippen MR) is 75.6 cm³/mol. The highest BCUT2D eigenvalue weighted by molar-refractivity contribution is 7.91. The van der Waals surface area contributed by atoms with E-state index < -0.39 is 21.8 Å². The SMILES string of the molecule is CC(CN1CCS(=O)(=O)CC1)C(O)c1ccccc1F. The van der Waals surface area contributed by atoms with Gasteiger partial charge >= 0.3 is 0 Å². The Morgan fingerprint density at radius 3 is 2.50 bits per heavy atom. The maximum Gasteiger partial charge on any atom is 0.152 e. The van der Waals surface area contributed by atoms with Gasteiger partial charge in [0.2, 0.25) is 0 Å². The van der Waals surface area contributed by atoms with Gasteiger partial charge in [-0.15, -0.1) is 0 Å². The first kappa shape index (κ1) is 15.4. The zero-order valence-corrected chi connectivity index (χ0v) is 12.3. The first-order chi connectivity index (χ1) is 9.39. The van der Waals surface area contributed by atoms with Gasteiger partial charge in [0.1, 0.15) is 5.82 Å². The fraction of sp³-hybridized carbons (Fsp3) is 0.571. The van der Waals surface area contributed by atoms with E-state index in [2.05, 4.69) is 0 Å². The number of nitrogens with zero attached hydrogens (tertiary/aromatic N) is 1. The van der Waals surface area contributed by atoms with Crippen LogP contribution in [0.15, 0.2) is 24.3 Å². The number of rotatable bonds is 4. The Labute approximate surface area is 119 Å². The van der Waals surface area contributed by atoms with Crippen LogP contribution in [0.25, 0.3) is 0 Å². The molecule has 1 aromatic rings. The van der Waals surface area contributed by atoms with Crippen molar-refractivity contribution >= 4 is 9.84 Å². The van der Waals surface area contributed by atoms with Crippen molar-refractivity contribution in [3.63, 3.8) is 0 Å². The lowest BCUT2D eigenvalue weighted by Crippen LogP contribution is -2.43. The molecule has 6 heteroatoms. The zero-order chi connectivity index (χ0) is 14.8. The molecule has 2 unspecified atom stereocenters. The third kappa shape index (κ3) is 3.77. The Morgan fingerprint density at radius 2 is 1.90 bits per heavy atom. The molecule has 0 amide bonds. The van der Waals surface area contributed by atoms with E-state index in [0.29, 0.717) is 25.2 Å². The summed E-state index contributed by atoms with van der Waals surface area (Å²) >= 11 is 0. The van der Waals surface area contributed by atoms with E-state index in [9.17, 15) is 17.9 Å². The van der Waals surface area contributed by atoms with Crippen LogP contribution < -0.4 is 0 Å². The van der Waals surface area contributed by atoms with E-state index in [1.165, 1.54) is 6.07 Å². The topological polar surface area (TPSA) is 57.6 Å². The van der Waals surface area contributed by atoms with Crippen LogP contribution in [0.4, 0.5) is 4.39 Å². The van der Waals surface area contributed by atoms with Gasteiger partial charge in [0, 0.05) is 25.2 Å². The lowest BCUT2D eigenvalue weighted by Gasteiger charge is -2.31. The second-order valence-corrected chi connectivity index (χ2v) is 7.70. The minimum absolute atomic E-state index is 0.160. The van der Waals surface area contributed by atoms with Gasteiger partial charge < -0.3 is 10.0 Å². The molecule has 0 saturated carbocycles. The molecule has 0 bridgehead atoms. The molecule has 0 aliphatic carbocycles. The summed E-state index contributed by atoms with van der Waals surface area (Å²) in [5, 5.41) is 10.2. The van der Waals surface area contributed by atoms with Crippen LogP contribution in [0.5, 0.6) is 0 Å². The standard InChI is InChI=1S/C14H20FNO3S/c1-11(10-16-6-8-20(18,19)9-7-16)14(17)12-4-2-3-5-13(12)15/h2-5,11,14,17H,6-10H2,1H3. The number of aliphatic hydroxyl groups is 1. The van der Waals surface area contributed by atoms with Gasteiger partial charge in [-0.05, 0) is 12.0 Å². The van der Waals surface area contributed by atoms with Crippen molar-refractivity contribution in [3.8, 4) is 0 Å². The molecule has 1 N–H and O–H groups in total. The van der Waals surface area contributed by atoms with Gasteiger partial charge in [-0.1, -0.05) is 25.1 Å². The normalized spacial score (nSPS) is 22.4. The molecule has 1 aliphatic heterocycles. The van der Waals surface area contributed by atoms with Crippen LogP contribution in [0.2, 0.25) is 0 Å². The molecule has 1 aromatic carbocycles. The largest absolute Gasteiger partial charge is 0.388 e. The molecule has 4 nitrogen and oxygen atoms in total. The van der Waals surface area contributed by atoms with Crippen LogP contribution >= 0.6 is 0 Å². The molecule has 2 atom stereocenters. The highest BCUT2D eigenvalue weighted by Crippen LogP contribution is 2.25. The average molecular weight is 301 g/mol. The zero-order valence-electron chi connectivity index (χ0n) is 11.5. The summed E-state index contributed by atoms with van der Waals surface area (Å²) in [5.74, 6) is -0.244. The van der Waals surface area contributed by atoms with Crippen molar-refractivity contribution in [1.82, 2.24) is 4.90 Å². The number of sulfone groups is 1. The van der Waals surface area contributed by atoms with Gasteiger partial charge in [0.15, 0.2) is 9.84 Å². The minimum Gasteiger partial charge on any atom is -0.388 e. The molecule has 1 aliphatic rings. The summed E-state index contributed by atoms with van der Waals surface area (Å²) < 4.78 is 36.3. The number of aliphatic hydroxyl groups excluding tert-OH is 1. The molecule has 0 spiro atoms. The molecule has 1 saturated heterocycles. The Morgan fingerprint density at radius 1 is 1.30 bits per heavy atom. The van der Waals surface area contributed by atoms with E-state index in [0.717, 1.165) is 0 Å². The first-order valence-electron chi connectivity index (χ1n) is 6.74. The molecular formula is C14H20FNO3S. The maximum atomic E-state index is 13.6. The van der Waals surface area contributed by atoms with Crippen LogP contribution in [-0.4, -0.2) is 49.6 Å². The number of hydrogen-bond donors (Lipinski definition) is 1. The molecular weight excluding hydrogens is 281 g/mol. The molecule has 112 valence electrons. The molecule has 1 heterocycles. The number of halogens is 1. The van der Waals surface area contributed by atoms with Crippen molar-refractivity contribution in [2.75, 3.05) is 31.1 Å². The lowest BCUT2D eigenvalue weighted by atomic mass is 9.96. The summed E-state index contributed by atoms with van der Waals surface area (Å²) in [5.41, 5.74) is 0.296. The van der Waals surface area contributed by atoms with E-state index in [4.69, 9.17) is 0 Å². The van der Waals surface area contributed by atoms with Crippen molar-refractivity contribution in [2.24, 2.45) is 5.92 Å². The van der Waals surface area contributed by atoms with E-state index in [1.807, 2.05) is 11.8 Å². The van der Waals surface area contributed by atoms with E-state index in [-0.39, 0.29) is 17.4 Å². The lowest BCUT2D eigenvalue weighted by molar-refractivity contribution is 0.0875. The summed E-state index contributed by atoms with van der Waals surface area (Å²) in [4.78, 5) is 2.01. The van der Waals surface area contributed by atoms with E-state index >= 15 is 0 Å². The van der Waals surface area contributed by atoms with Gasteiger partial charge in [-0.2, -0.15) is 0 Å². The summed E-state index contributed by atoms with van der Waals surface area (Å²) in [7, 11) is -2.89. The maximum absolute atomic E-state index is 13.6. The molecule has 1 fully saturated rings. The average Bonchev–Trinajstić information content (AvgIpc) is 2.41. The molecule has 0 radical (unpaired) electrons. The Hall–Kier alpha value is -0.980. The van der Waals surface area contributed by atoms with Gasteiger partial charge in [0.05, 0.1) is 17.6 Å². The van der Waals surface area contributed by atoms with Gasteiger partial charge in [-0.3, -0.25) is 0 Å². The van der Waals surface area contributed by atoms with Crippen molar-refractivity contribution in [3.05, 3.63) is 35.6 Å². The fourth-order valence-electron chi connectivity index (χ4n) is 2.46. The van der Waals surface area contributed by atoms with Crippen molar-refractivity contribution in [1.29, 1.82) is 0 Å². The summed E-state index contributed by atoms with van der Waals surface area (Å²) in [6.07, 6.45) is -0.880. The van der Waals surface area contributed by atoms with Gasteiger partial charge in [0.25, 0.3) is 0 Å². The van der Waals surface area contributed by atoms with Crippen LogP contribution in [-0.2, 0) is 9.84 Å². The van der Waals surface area contributed by atoms with E-state index in [1.54, 1.807) is 18.2 Å². The summed E-state index contributed by atoms with van der Waals surface area (Å²) in [6.45, 7) is 3.37. The number of benzene rings is 1. The molecule has 20 heavy (non-hydrogen) atoms. The Bertz CT molecular complexity index is 547. The monoisotopic (exact) mass is 301 g/mol. The van der Waals surface area contributed by atoms with Crippen LogP contribution in [0, 0.1) is 11.7 Å². The highest BCUT2D eigenvalue weighted by Gasteiger charge is 2.26. The Balaban J connectivity index is 1.95. The molecule has 2 rings (SSSR count). The third-order valence-corrected chi connectivity index (χ3v) is 5.36. The third-order valence-electron chi connectivity index (χ3n) is 3.75. The van der Waals surface area contributed by atoms with Crippen molar-refractivity contribution in [2.45, 2.75) is 13.0 Å². The quantitative estimate of drug-likeness (QED) is 0.908. The van der Waals surface area contributed by atoms with Crippen molar-refractivity contribution < 1.29 is 17.9 Å². The Kier molecular flexibility index (Phi) is 4.78. The first-order valence-corrected chi connectivity index (χ1v) is 8.56. The summed E-state index contributed by atoms with van der Waals surface area (Å²) in [6, 6.07) is 6.20. The number of hydrogen-bond acceptors (Lipinski definition) is 4. The fourth-order valence-corrected chi connectivity index (χ4v) is 3.74. The second kappa shape index (κ2) is 6.20. The van der Waals surface area contributed by atoms with Crippen LogP contribution in [0.1, 0.15) is 18.6 Å². The van der Waals surface area contributed by atoms with Gasteiger partial charge in [-0.25, -0.2) is 12.8 Å². The smallest absolute Gasteiger partial charge is 0.152 e. The molecule has 0 aromatic heterocycles. The minimum atomic E-state index is -2.89.